The lowest BCUT2D eigenvalue weighted by Crippen LogP contribution is -2.41. The molecule has 0 spiro atoms. The largest absolute Gasteiger partial charge is 0.492 e. The number of ether oxygens (including phenoxy) is 1. The maximum atomic E-state index is 13.8. The fourth-order valence-electron chi connectivity index (χ4n) is 5.83. The second kappa shape index (κ2) is 6.30. The van der Waals surface area contributed by atoms with Crippen molar-refractivity contribution in [2.75, 3.05) is 11.5 Å². The van der Waals surface area contributed by atoms with Gasteiger partial charge in [-0.05, 0) is 41.3 Å². The van der Waals surface area contributed by atoms with E-state index >= 15 is 0 Å². The standard InChI is InChI=1S/C26H21NO3/c1-2-30-20-14-8-7-13-19(20)27-25(28)23-21-15-9-3-4-10-16(15)22(24(23)26(27)29)18-12-6-5-11-17(18)21/h3-14,21-24H,2H2,1H3. The smallest absolute Gasteiger partial charge is 0.238 e. The Balaban J connectivity index is 1.55. The summed E-state index contributed by atoms with van der Waals surface area (Å²) in [7, 11) is 0. The molecule has 4 nitrogen and oxygen atoms in total. The highest BCUT2D eigenvalue weighted by Gasteiger charge is 2.62. The molecule has 2 amide bonds. The molecule has 3 aromatic rings. The Morgan fingerprint density at radius 2 is 1.13 bits per heavy atom. The van der Waals surface area contributed by atoms with Gasteiger partial charge in [0.2, 0.25) is 11.8 Å². The molecule has 0 saturated carbocycles. The number of anilines is 1. The van der Waals surface area contributed by atoms with Crippen molar-refractivity contribution in [3.8, 4) is 5.75 Å². The summed E-state index contributed by atoms with van der Waals surface area (Å²) in [6.45, 7) is 2.37. The van der Waals surface area contributed by atoms with Gasteiger partial charge in [-0.1, -0.05) is 60.7 Å². The van der Waals surface area contributed by atoms with Gasteiger partial charge in [-0.3, -0.25) is 9.59 Å². The Labute approximate surface area is 175 Å². The number of benzene rings is 3. The van der Waals surface area contributed by atoms with E-state index in [2.05, 4.69) is 24.3 Å². The second-order valence-corrected chi connectivity index (χ2v) is 8.18. The molecular formula is C26H21NO3. The Kier molecular flexibility index (Phi) is 3.66. The van der Waals surface area contributed by atoms with E-state index in [0.717, 1.165) is 0 Å². The van der Waals surface area contributed by atoms with Crippen molar-refractivity contribution in [2.24, 2.45) is 11.8 Å². The number of rotatable bonds is 3. The SMILES string of the molecule is CCOc1ccccc1N1C(=O)C2C3c4ccccc4C(c4ccccc43)C2C1=O. The first-order chi connectivity index (χ1) is 14.7. The van der Waals surface area contributed by atoms with Crippen molar-refractivity contribution in [3.05, 3.63) is 95.1 Å². The number of para-hydroxylation sites is 2. The van der Waals surface area contributed by atoms with Crippen LogP contribution in [0.5, 0.6) is 5.75 Å². The lowest BCUT2D eigenvalue weighted by Gasteiger charge is -2.45. The minimum absolute atomic E-state index is 0.0897. The summed E-state index contributed by atoms with van der Waals surface area (Å²) in [4.78, 5) is 28.9. The Morgan fingerprint density at radius 3 is 1.60 bits per heavy atom. The van der Waals surface area contributed by atoms with Crippen molar-refractivity contribution < 1.29 is 14.3 Å². The Morgan fingerprint density at radius 1 is 0.700 bits per heavy atom. The first-order valence-corrected chi connectivity index (χ1v) is 10.5. The average molecular weight is 395 g/mol. The molecule has 1 fully saturated rings. The maximum Gasteiger partial charge on any atom is 0.238 e. The third-order valence-electron chi connectivity index (χ3n) is 6.85. The van der Waals surface area contributed by atoms with Crippen LogP contribution in [0.15, 0.2) is 72.8 Å². The van der Waals surface area contributed by atoms with E-state index in [-0.39, 0.29) is 35.5 Å². The van der Waals surface area contributed by atoms with E-state index in [1.807, 2.05) is 49.4 Å². The molecule has 1 aliphatic heterocycles. The van der Waals surface area contributed by atoms with Crippen LogP contribution in [0.3, 0.4) is 0 Å². The molecule has 2 unspecified atom stereocenters. The summed E-state index contributed by atoms with van der Waals surface area (Å²) in [5, 5.41) is 0. The highest BCUT2D eigenvalue weighted by atomic mass is 16.5. The summed E-state index contributed by atoms with van der Waals surface area (Å²) < 4.78 is 5.75. The molecule has 30 heavy (non-hydrogen) atoms. The number of carbonyl (C=O) groups excluding carboxylic acids is 2. The molecule has 3 aromatic carbocycles. The van der Waals surface area contributed by atoms with Crippen LogP contribution in [0.25, 0.3) is 0 Å². The van der Waals surface area contributed by atoms with E-state index in [1.165, 1.54) is 27.2 Å². The first kappa shape index (κ1) is 17.5. The molecule has 0 radical (unpaired) electrons. The number of hydrogen-bond donors (Lipinski definition) is 0. The third kappa shape index (κ3) is 2.11. The van der Waals surface area contributed by atoms with Crippen LogP contribution < -0.4 is 9.64 Å². The summed E-state index contributed by atoms with van der Waals surface area (Å²) in [6.07, 6.45) is 0. The molecule has 4 heteroatoms. The van der Waals surface area contributed by atoms with Crippen LogP contribution in [-0.4, -0.2) is 18.4 Å². The lowest BCUT2D eigenvalue weighted by atomic mass is 9.55. The van der Waals surface area contributed by atoms with Gasteiger partial charge in [-0.15, -0.1) is 0 Å². The van der Waals surface area contributed by atoms with Crippen molar-refractivity contribution in [1.29, 1.82) is 0 Å². The van der Waals surface area contributed by atoms with Crippen molar-refractivity contribution in [2.45, 2.75) is 18.8 Å². The molecule has 1 heterocycles. The van der Waals surface area contributed by atoms with Gasteiger partial charge in [0.05, 0.1) is 24.1 Å². The number of amides is 2. The highest BCUT2D eigenvalue weighted by molar-refractivity contribution is 6.24. The van der Waals surface area contributed by atoms with Crippen molar-refractivity contribution in [3.63, 3.8) is 0 Å². The van der Waals surface area contributed by atoms with Gasteiger partial charge in [0.1, 0.15) is 5.75 Å². The van der Waals surface area contributed by atoms with Crippen LogP contribution in [-0.2, 0) is 9.59 Å². The zero-order valence-electron chi connectivity index (χ0n) is 16.6. The van der Waals surface area contributed by atoms with E-state index in [9.17, 15) is 9.59 Å². The summed E-state index contributed by atoms with van der Waals surface area (Å²) >= 11 is 0. The number of hydrogen-bond acceptors (Lipinski definition) is 3. The van der Waals surface area contributed by atoms with Gasteiger partial charge in [-0.25, -0.2) is 4.90 Å². The van der Waals surface area contributed by atoms with E-state index in [4.69, 9.17) is 4.74 Å². The Hall–Kier alpha value is -3.40. The summed E-state index contributed by atoms with van der Waals surface area (Å²) in [5.41, 5.74) is 5.29. The van der Waals surface area contributed by atoms with Gasteiger partial charge >= 0.3 is 0 Å². The van der Waals surface area contributed by atoms with Crippen LogP contribution in [0.2, 0.25) is 0 Å². The molecule has 2 atom stereocenters. The number of nitrogens with zero attached hydrogens (tertiary/aromatic N) is 1. The number of carbonyl (C=O) groups is 2. The molecule has 0 N–H and O–H groups in total. The number of imide groups is 1. The van der Waals surface area contributed by atoms with Crippen molar-refractivity contribution >= 4 is 17.5 Å². The predicted octanol–water partition coefficient (Wildman–Crippen LogP) is 4.48. The molecular weight excluding hydrogens is 374 g/mol. The molecule has 148 valence electrons. The monoisotopic (exact) mass is 395 g/mol. The highest BCUT2D eigenvalue weighted by Crippen LogP contribution is 2.61. The predicted molar refractivity (Wildman–Crippen MR) is 114 cm³/mol. The van der Waals surface area contributed by atoms with Gasteiger partial charge < -0.3 is 4.74 Å². The molecule has 1 saturated heterocycles. The topological polar surface area (TPSA) is 46.6 Å². The normalized spacial score (nSPS) is 25.7. The van der Waals surface area contributed by atoms with Crippen LogP contribution in [0.1, 0.15) is 41.0 Å². The van der Waals surface area contributed by atoms with E-state index < -0.39 is 0 Å². The average Bonchev–Trinajstić information content (AvgIpc) is 3.05. The molecule has 4 aliphatic rings. The Bertz CT molecular complexity index is 1080. The maximum absolute atomic E-state index is 13.8. The van der Waals surface area contributed by atoms with Gasteiger partial charge in [0.15, 0.2) is 0 Å². The van der Waals surface area contributed by atoms with Gasteiger partial charge in [-0.2, -0.15) is 0 Å². The molecule has 2 bridgehead atoms. The van der Waals surface area contributed by atoms with E-state index in [1.54, 1.807) is 6.07 Å². The van der Waals surface area contributed by atoms with Gasteiger partial charge in [0, 0.05) is 11.8 Å². The van der Waals surface area contributed by atoms with Crippen LogP contribution >= 0.6 is 0 Å². The minimum Gasteiger partial charge on any atom is -0.492 e. The second-order valence-electron chi connectivity index (χ2n) is 8.18. The first-order valence-electron chi connectivity index (χ1n) is 10.5. The molecule has 3 aliphatic carbocycles. The minimum atomic E-state index is -0.373. The van der Waals surface area contributed by atoms with Crippen molar-refractivity contribution in [1.82, 2.24) is 0 Å². The van der Waals surface area contributed by atoms with Crippen LogP contribution in [0, 0.1) is 11.8 Å². The lowest BCUT2D eigenvalue weighted by molar-refractivity contribution is -0.122. The third-order valence-corrected chi connectivity index (χ3v) is 6.85. The molecule has 0 aromatic heterocycles. The fraction of sp³-hybridized carbons (Fsp3) is 0.231. The van der Waals surface area contributed by atoms with Gasteiger partial charge in [0.25, 0.3) is 0 Å². The van der Waals surface area contributed by atoms with Crippen LogP contribution in [0.4, 0.5) is 5.69 Å². The zero-order chi connectivity index (χ0) is 20.4. The summed E-state index contributed by atoms with van der Waals surface area (Å²) in [5.74, 6) is -0.583. The fourth-order valence-corrected chi connectivity index (χ4v) is 5.83. The zero-order valence-corrected chi connectivity index (χ0v) is 16.6. The molecule has 7 rings (SSSR count). The van der Waals surface area contributed by atoms with E-state index in [0.29, 0.717) is 18.0 Å². The summed E-state index contributed by atoms with van der Waals surface area (Å²) in [6, 6.07) is 23.9. The quantitative estimate of drug-likeness (QED) is 0.614.